The molecule has 0 amide bonds. The molecule has 1 aromatic carbocycles. The minimum absolute atomic E-state index is 0.190. The van der Waals surface area contributed by atoms with Gasteiger partial charge in [-0.1, -0.05) is 35.9 Å². The lowest BCUT2D eigenvalue weighted by Gasteiger charge is -2.16. The standard InChI is InChI=1S/C15H19N/c1-10-8-11(2)15(12(3)9-10)13-4-6-14(16)7-5-13/h4-6,8-9,14H,7,16H2,1-3H3. The van der Waals surface area contributed by atoms with E-state index < -0.39 is 0 Å². The van der Waals surface area contributed by atoms with Crippen LogP contribution in [-0.2, 0) is 0 Å². The maximum atomic E-state index is 5.84. The van der Waals surface area contributed by atoms with Crippen LogP contribution in [0.2, 0.25) is 0 Å². The van der Waals surface area contributed by atoms with Gasteiger partial charge in [-0.25, -0.2) is 0 Å². The van der Waals surface area contributed by atoms with E-state index in [4.69, 9.17) is 5.73 Å². The molecule has 1 aliphatic carbocycles. The van der Waals surface area contributed by atoms with Crippen molar-refractivity contribution in [2.45, 2.75) is 33.2 Å². The maximum absolute atomic E-state index is 5.84. The van der Waals surface area contributed by atoms with Gasteiger partial charge >= 0.3 is 0 Å². The fourth-order valence-electron chi connectivity index (χ4n) is 2.46. The first-order chi connectivity index (χ1) is 7.58. The van der Waals surface area contributed by atoms with Gasteiger partial charge in [0.05, 0.1) is 0 Å². The number of hydrogen-bond acceptors (Lipinski definition) is 1. The lowest BCUT2D eigenvalue weighted by atomic mass is 9.90. The molecule has 0 saturated carbocycles. The summed E-state index contributed by atoms with van der Waals surface area (Å²) in [4.78, 5) is 0. The Bertz CT molecular complexity index is 443. The molecular formula is C15H19N. The average Bonchev–Trinajstić information content (AvgIpc) is 2.19. The molecule has 2 N–H and O–H groups in total. The van der Waals surface area contributed by atoms with Crippen LogP contribution in [0.15, 0.2) is 30.4 Å². The first-order valence-corrected chi connectivity index (χ1v) is 5.80. The van der Waals surface area contributed by atoms with Crippen LogP contribution in [0.25, 0.3) is 5.57 Å². The van der Waals surface area contributed by atoms with Gasteiger partial charge < -0.3 is 5.73 Å². The molecule has 0 bridgehead atoms. The van der Waals surface area contributed by atoms with Crippen LogP contribution in [0, 0.1) is 20.8 Å². The second-order valence-corrected chi connectivity index (χ2v) is 4.69. The second kappa shape index (κ2) is 4.26. The summed E-state index contributed by atoms with van der Waals surface area (Å²) < 4.78 is 0. The Kier molecular flexibility index (Phi) is 2.97. The number of nitrogens with two attached hydrogens (primary N) is 1. The van der Waals surface area contributed by atoms with Crippen LogP contribution < -0.4 is 5.73 Å². The van der Waals surface area contributed by atoms with Gasteiger partial charge in [-0.15, -0.1) is 0 Å². The third-order valence-electron chi connectivity index (χ3n) is 3.10. The smallest absolute Gasteiger partial charge is 0.0262 e. The molecule has 0 radical (unpaired) electrons. The molecule has 1 unspecified atom stereocenters. The van der Waals surface area contributed by atoms with Crippen molar-refractivity contribution in [2.24, 2.45) is 5.73 Å². The van der Waals surface area contributed by atoms with Gasteiger partial charge in [0.1, 0.15) is 0 Å². The number of hydrogen-bond donors (Lipinski definition) is 1. The zero-order chi connectivity index (χ0) is 11.7. The van der Waals surface area contributed by atoms with E-state index in [1.807, 2.05) is 0 Å². The van der Waals surface area contributed by atoms with Crippen molar-refractivity contribution in [3.63, 3.8) is 0 Å². The molecule has 0 spiro atoms. The Morgan fingerprint density at radius 2 is 1.75 bits per heavy atom. The van der Waals surface area contributed by atoms with Crippen molar-refractivity contribution >= 4 is 5.57 Å². The van der Waals surface area contributed by atoms with E-state index in [0.29, 0.717) is 0 Å². The normalized spacial score (nSPS) is 19.8. The summed E-state index contributed by atoms with van der Waals surface area (Å²) in [5, 5.41) is 0. The number of aryl methyl sites for hydroxylation is 3. The van der Waals surface area contributed by atoms with Crippen LogP contribution in [0.4, 0.5) is 0 Å². The van der Waals surface area contributed by atoms with Crippen molar-refractivity contribution in [3.05, 3.63) is 52.6 Å². The Labute approximate surface area is 97.7 Å². The fraction of sp³-hybridized carbons (Fsp3) is 0.333. The van der Waals surface area contributed by atoms with Gasteiger partial charge in [-0.05, 0) is 49.5 Å². The van der Waals surface area contributed by atoms with Crippen molar-refractivity contribution in [1.29, 1.82) is 0 Å². The highest BCUT2D eigenvalue weighted by Crippen LogP contribution is 2.27. The molecule has 0 heterocycles. The van der Waals surface area contributed by atoms with E-state index in [0.717, 1.165) is 6.42 Å². The Balaban J connectivity index is 2.46. The molecule has 0 fully saturated rings. The van der Waals surface area contributed by atoms with E-state index >= 15 is 0 Å². The summed E-state index contributed by atoms with van der Waals surface area (Å²) in [5.74, 6) is 0. The van der Waals surface area contributed by atoms with Crippen molar-refractivity contribution in [1.82, 2.24) is 0 Å². The monoisotopic (exact) mass is 213 g/mol. The predicted molar refractivity (Wildman–Crippen MR) is 70.4 cm³/mol. The highest BCUT2D eigenvalue weighted by Gasteiger charge is 2.10. The summed E-state index contributed by atoms with van der Waals surface area (Å²) in [6, 6.07) is 4.67. The summed E-state index contributed by atoms with van der Waals surface area (Å²) in [5.41, 5.74) is 12.6. The Morgan fingerprint density at radius 1 is 1.12 bits per heavy atom. The molecule has 1 aromatic rings. The topological polar surface area (TPSA) is 26.0 Å². The largest absolute Gasteiger partial charge is 0.324 e. The van der Waals surface area contributed by atoms with Gasteiger partial charge in [0.25, 0.3) is 0 Å². The predicted octanol–water partition coefficient (Wildman–Crippen LogP) is 3.28. The van der Waals surface area contributed by atoms with E-state index in [1.54, 1.807) is 0 Å². The Morgan fingerprint density at radius 3 is 2.25 bits per heavy atom. The highest BCUT2D eigenvalue weighted by atomic mass is 14.6. The van der Waals surface area contributed by atoms with E-state index in [2.05, 4.69) is 51.1 Å². The van der Waals surface area contributed by atoms with Crippen LogP contribution in [0.5, 0.6) is 0 Å². The zero-order valence-electron chi connectivity index (χ0n) is 10.2. The Hall–Kier alpha value is -1.34. The van der Waals surface area contributed by atoms with Gasteiger partial charge in [0.2, 0.25) is 0 Å². The molecule has 0 aliphatic heterocycles. The molecule has 2 rings (SSSR count). The quantitative estimate of drug-likeness (QED) is 0.761. The molecule has 1 atom stereocenters. The third kappa shape index (κ3) is 2.10. The lowest BCUT2D eigenvalue weighted by molar-refractivity contribution is 0.828. The zero-order valence-corrected chi connectivity index (χ0v) is 10.2. The summed E-state index contributed by atoms with van der Waals surface area (Å²) in [7, 11) is 0. The van der Waals surface area contributed by atoms with E-state index in [9.17, 15) is 0 Å². The molecule has 1 aliphatic rings. The highest BCUT2D eigenvalue weighted by molar-refractivity contribution is 5.79. The fourth-order valence-corrected chi connectivity index (χ4v) is 2.46. The first kappa shape index (κ1) is 11.2. The minimum atomic E-state index is 0.190. The van der Waals surface area contributed by atoms with Gasteiger partial charge in [0, 0.05) is 6.04 Å². The van der Waals surface area contributed by atoms with Crippen molar-refractivity contribution in [2.75, 3.05) is 0 Å². The molecule has 0 saturated heterocycles. The van der Waals surface area contributed by atoms with Crippen LogP contribution >= 0.6 is 0 Å². The summed E-state index contributed by atoms with van der Waals surface area (Å²) in [6.07, 6.45) is 7.43. The number of rotatable bonds is 1. The molecule has 84 valence electrons. The van der Waals surface area contributed by atoms with Crippen molar-refractivity contribution < 1.29 is 0 Å². The van der Waals surface area contributed by atoms with E-state index in [1.165, 1.54) is 27.8 Å². The third-order valence-corrected chi connectivity index (χ3v) is 3.10. The summed E-state index contributed by atoms with van der Waals surface area (Å²) in [6.45, 7) is 6.50. The number of benzene rings is 1. The molecule has 1 heteroatoms. The van der Waals surface area contributed by atoms with Crippen LogP contribution in [0.1, 0.15) is 28.7 Å². The maximum Gasteiger partial charge on any atom is 0.0262 e. The molecule has 0 aromatic heterocycles. The number of allylic oxidation sites excluding steroid dienone is 2. The first-order valence-electron chi connectivity index (χ1n) is 5.80. The van der Waals surface area contributed by atoms with Crippen LogP contribution in [-0.4, -0.2) is 6.04 Å². The lowest BCUT2D eigenvalue weighted by Crippen LogP contribution is -2.17. The van der Waals surface area contributed by atoms with E-state index in [-0.39, 0.29) is 6.04 Å². The SMILES string of the molecule is Cc1cc(C)c(C2=CCC(N)C=C2)c(C)c1. The van der Waals surface area contributed by atoms with Crippen molar-refractivity contribution in [3.8, 4) is 0 Å². The second-order valence-electron chi connectivity index (χ2n) is 4.69. The van der Waals surface area contributed by atoms with Gasteiger partial charge in [0.15, 0.2) is 0 Å². The average molecular weight is 213 g/mol. The van der Waals surface area contributed by atoms with Gasteiger partial charge in [-0.2, -0.15) is 0 Å². The van der Waals surface area contributed by atoms with Crippen LogP contribution in [0.3, 0.4) is 0 Å². The molecule has 1 nitrogen and oxygen atoms in total. The van der Waals surface area contributed by atoms with Gasteiger partial charge in [-0.3, -0.25) is 0 Å². The summed E-state index contributed by atoms with van der Waals surface area (Å²) >= 11 is 0. The molecule has 16 heavy (non-hydrogen) atoms. The minimum Gasteiger partial charge on any atom is -0.324 e. The molecular weight excluding hydrogens is 194 g/mol.